The van der Waals surface area contributed by atoms with Gasteiger partial charge in [0.25, 0.3) is 0 Å². The number of nitrogens with one attached hydrogen (secondary N) is 2. The van der Waals surface area contributed by atoms with Gasteiger partial charge in [-0.25, -0.2) is 10.2 Å². The fraction of sp³-hybridized carbons (Fsp3) is 0.0833. The van der Waals surface area contributed by atoms with E-state index in [9.17, 15) is 14.4 Å². The van der Waals surface area contributed by atoms with Crippen molar-refractivity contribution < 1.29 is 28.6 Å². The largest absolute Gasteiger partial charge is 0.497 e. The Labute approximate surface area is 190 Å². The number of rotatable bonds is 7. The highest BCUT2D eigenvalue weighted by atomic mass is 16.5. The summed E-state index contributed by atoms with van der Waals surface area (Å²) >= 11 is 0. The number of hydrazone groups is 1. The second-order valence-electron chi connectivity index (χ2n) is 6.57. The van der Waals surface area contributed by atoms with Crippen LogP contribution in [0.15, 0.2) is 77.9 Å². The van der Waals surface area contributed by atoms with Crippen molar-refractivity contribution in [1.29, 1.82) is 0 Å². The third-order valence-electron chi connectivity index (χ3n) is 4.33. The zero-order valence-electron chi connectivity index (χ0n) is 17.9. The number of ether oxygens (including phenoxy) is 3. The van der Waals surface area contributed by atoms with Gasteiger partial charge in [-0.15, -0.1) is 0 Å². The van der Waals surface area contributed by atoms with Crippen molar-refractivity contribution in [3.05, 3.63) is 83.9 Å². The first kappa shape index (κ1) is 23.0. The summed E-state index contributed by atoms with van der Waals surface area (Å²) < 4.78 is 15.5. The second kappa shape index (κ2) is 11.1. The van der Waals surface area contributed by atoms with Crippen molar-refractivity contribution in [2.24, 2.45) is 5.10 Å². The highest BCUT2D eigenvalue weighted by molar-refractivity contribution is 6.39. The molecule has 0 bridgehead atoms. The Hall–Kier alpha value is -4.66. The fourth-order valence-corrected chi connectivity index (χ4v) is 2.63. The van der Waals surface area contributed by atoms with Crippen molar-refractivity contribution in [2.75, 3.05) is 19.5 Å². The minimum atomic E-state index is -0.941. The highest BCUT2D eigenvalue weighted by Crippen LogP contribution is 2.17. The molecule has 0 saturated heterocycles. The van der Waals surface area contributed by atoms with Gasteiger partial charge < -0.3 is 19.5 Å². The summed E-state index contributed by atoms with van der Waals surface area (Å²) in [6, 6.07) is 19.6. The third-order valence-corrected chi connectivity index (χ3v) is 4.33. The number of carbonyl (C=O) groups excluding carboxylic acids is 3. The number of benzene rings is 3. The number of hydrogen-bond acceptors (Lipinski definition) is 7. The molecule has 9 heteroatoms. The van der Waals surface area contributed by atoms with E-state index in [4.69, 9.17) is 14.2 Å². The molecule has 33 heavy (non-hydrogen) atoms. The Morgan fingerprint density at radius 3 is 2.06 bits per heavy atom. The molecule has 0 fully saturated rings. The van der Waals surface area contributed by atoms with Crippen molar-refractivity contribution in [2.45, 2.75) is 0 Å². The Bertz CT molecular complexity index is 1160. The van der Waals surface area contributed by atoms with E-state index < -0.39 is 17.8 Å². The number of hydrogen-bond donors (Lipinski definition) is 2. The number of carbonyl (C=O) groups is 3. The van der Waals surface area contributed by atoms with Crippen molar-refractivity contribution in [3.63, 3.8) is 0 Å². The molecule has 0 aliphatic carbocycles. The van der Waals surface area contributed by atoms with Gasteiger partial charge in [-0.1, -0.05) is 12.1 Å². The smallest absolute Gasteiger partial charge is 0.343 e. The zero-order chi connectivity index (χ0) is 23.6. The van der Waals surface area contributed by atoms with Gasteiger partial charge in [-0.05, 0) is 66.2 Å². The van der Waals surface area contributed by atoms with Crippen LogP contribution >= 0.6 is 0 Å². The predicted octanol–water partition coefficient (Wildman–Crippen LogP) is 3.01. The quantitative estimate of drug-likeness (QED) is 0.189. The maximum absolute atomic E-state index is 12.3. The van der Waals surface area contributed by atoms with Crippen LogP contribution in [0.4, 0.5) is 5.69 Å². The average Bonchev–Trinajstić information content (AvgIpc) is 2.84. The molecule has 0 aliphatic rings. The molecule has 0 radical (unpaired) electrons. The Kier molecular flexibility index (Phi) is 7.74. The summed E-state index contributed by atoms with van der Waals surface area (Å²) in [4.78, 5) is 36.2. The molecule has 168 valence electrons. The lowest BCUT2D eigenvalue weighted by molar-refractivity contribution is -0.136. The molecular formula is C24H21N3O6. The lowest BCUT2D eigenvalue weighted by Crippen LogP contribution is -2.32. The van der Waals surface area contributed by atoms with Crippen LogP contribution in [0.3, 0.4) is 0 Å². The maximum atomic E-state index is 12.3. The van der Waals surface area contributed by atoms with Crippen molar-refractivity contribution in [3.8, 4) is 17.2 Å². The van der Waals surface area contributed by atoms with Crippen LogP contribution in [0, 0.1) is 0 Å². The summed E-state index contributed by atoms with van der Waals surface area (Å²) in [7, 11) is 3.07. The van der Waals surface area contributed by atoms with E-state index in [-0.39, 0.29) is 0 Å². The van der Waals surface area contributed by atoms with Crippen molar-refractivity contribution in [1.82, 2.24) is 5.43 Å². The summed E-state index contributed by atoms with van der Waals surface area (Å²) in [5.41, 5.74) is 3.49. The van der Waals surface area contributed by atoms with E-state index in [1.165, 1.54) is 20.4 Å². The molecule has 0 unspecified atom stereocenters. The lowest BCUT2D eigenvalue weighted by Gasteiger charge is -2.06. The molecule has 0 aromatic heterocycles. The van der Waals surface area contributed by atoms with Gasteiger partial charge >= 0.3 is 17.8 Å². The van der Waals surface area contributed by atoms with Crippen LogP contribution < -0.4 is 25.0 Å². The SMILES string of the molecule is COc1ccc(NC(=O)C(=O)N/N=C/c2cccc(OC(=O)c3ccc(OC)cc3)c2)cc1. The Balaban J connectivity index is 1.54. The first-order valence-corrected chi connectivity index (χ1v) is 9.73. The standard InChI is InChI=1S/C24H21N3O6/c1-31-19-10-6-17(7-11-19)24(30)33-21-5-3-4-16(14-21)15-25-27-23(29)22(28)26-18-8-12-20(32-2)13-9-18/h3-15H,1-2H3,(H,26,28)(H,27,29)/b25-15+. The molecule has 3 aromatic carbocycles. The summed E-state index contributed by atoms with van der Waals surface area (Å²) in [5.74, 6) is -0.800. The van der Waals surface area contributed by atoms with Crippen LogP contribution in [0.25, 0.3) is 0 Å². The molecule has 0 saturated carbocycles. The molecule has 9 nitrogen and oxygen atoms in total. The Morgan fingerprint density at radius 2 is 1.42 bits per heavy atom. The summed E-state index contributed by atoms with van der Waals surface area (Å²) in [6.45, 7) is 0. The fourth-order valence-electron chi connectivity index (χ4n) is 2.63. The van der Waals surface area contributed by atoms with E-state index in [1.54, 1.807) is 72.8 Å². The van der Waals surface area contributed by atoms with Crippen LogP contribution in [0.1, 0.15) is 15.9 Å². The molecule has 0 spiro atoms. The second-order valence-corrected chi connectivity index (χ2v) is 6.57. The average molecular weight is 447 g/mol. The van der Waals surface area contributed by atoms with Gasteiger partial charge in [0.2, 0.25) is 0 Å². The van der Waals surface area contributed by atoms with Crippen molar-refractivity contribution >= 4 is 29.7 Å². The molecular weight excluding hydrogens is 426 g/mol. The molecule has 3 rings (SSSR count). The maximum Gasteiger partial charge on any atom is 0.343 e. The number of methoxy groups -OCH3 is 2. The van der Waals surface area contributed by atoms with Gasteiger partial charge in [0.1, 0.15) is 17.2 Å². The lowest BCUT2D eigenvalue weighted by atomic mass is 10.2. The molecule has 0 aliphatic heterocycles. The number of nitrogens with zero attached hydrogens (tertiary/aromatic N) is 1. The van der Waals surface area contributed by atoms with E-state index in [2.05, 4.69) is 15.8 Å². The van der Waals surface area contributed by atoms with E-state index in [1.807, 2.05) is 0 Å². The first-order valence-electron chi connectivity index (χ1n) is 9.73. The number of esters is 1. The van der Waals surface area contributed by atoms with Gasteiger partial charge in [0, 0.05) is 5.69 Å². The first-order chi connectivity index (χ1) is 16.0. The topological polar surface area (TPSA) is 115 Å². The van der Waals surface area contributed by atoms with E-state index in [0.717, 1.165) is 0 Å². The summed E-state index contributed by atoms with van der Waals surface area (Å²) in [6.07, 6.45) is 1.32. The van der Waals surface area contributed by atoms with Crippen LogP contribution in [0.2, 0.25) is 0 Å². The van der Waals surface area contributed by atoms with Gasteiger partial charge in [0.05, 0.1) is 26.0 Å². The normalized spacial score (nSPS) is 10.4. The third kappa shape index (κ3) is 6.66. The molecule has 2 amide bonds. The van der Waals surface area contributed by atoms with Crippen LogP contribution in [0.5, 0.6) is 17.2 Å². The number of anilines is 1. The van der Waals surface area contributed by atoms with Crippen LogP contribution in [-0.2, 0) is 9.59 Å². The zero-order valence-corrected chi connectivity index (χ0v) is 17.9. The number of amides is 2. The van der Waals surface area contributed by atoms with Gasteiger partial charge in [0.15, 0.2) is 0 Å². The Morgan fingerprint density at radius 1 is 0.788 bits per heavy atom. The van der Waals surface area contributed by atoms with Gasteiger partial charge in [-0.3, -0.25) is 9.59 Å². The molecule has 2 N–H and O–H groups in total. The van der Waals surface area contributed by atoms with E-state index in [0.29, 0.717) is 34.1 Å². The highest BCUT2D eigenvalue weighted by Gasteiger charge is 2.13. The summed E-state index contributed by atoms with van der Waals surface area (Å²) in [5, 5.41) is 6.22. The van der Waals surface area contributed by atoms with E-state index >= 15 is 0 Å². The predicted molar refractivity (Wildman–Crippen MR) is 122 cm³/mol. The molecule has 0 atom stereocenters. The molecule has 0 heterocycles. The van der Waals surface area contributed by atoms with Gasteiger partial charge in [-0.2, -0.15) is 5.10 Å². The molecule has 3 aromatic rings. The van der Waals surface area contributed by atoms with Crippen LogP contribution in [-0.4, -0.2) is 38.2 Å². The minimum Gasteiger partial charge on any atom is -0.497 e. The minimum absolute atomic E-state index is 0.295. The monoisotopic (exact) mass is 447 g/mol.